The van der Waals surface area contributed by atoms with Crippen LogP contribution < -0.4 is 5.73 Å². The summed E-state index contributed by atoms with van der Waals surface area (Å²) in [5.74, 6) is -0.723. The second-order valence-corrected chi connectivity index (χ2v) is 7.50. The molecule has 0 amide bonds. The van der Waals surface area contributed by atoms with Gasteiger partial charge in [0.1, 0.15) is 10.7 Å². The van der Waals surface area contributed by atoms with Gasteiger partial charge in [-0.3, -0.25) is 0 Å². The third kappa shape index (κ3) is 3.42. The van der Waals surface area contributed by atoms with Gasteiger partial charge in [0.15, 0.2) is 0 Å². The zero-order valence-corrected chi connectivity index (χ0v) is 13.2. The van der Waals surface area contributed by atoms with E-state index in [0.717, 1.165) is 12.8 Å². The van der Waals surface area contributed by atoms with Crippen LogP contribution in [0.3, 0.4) is 0 Å². The highest BCUT2D eigenvalue weighted by Crippen LogP contribution is 2.25. The van der Waals surface area contributed by atoms with Crippen LogP contribution in [-0.2, 0) is 16.6 Å². The molecule has 21 heavy (non-hydrogen) atoms. The van der Waals surface area contributed by atoms with Crippen LogP contribution in [0.1, 0.15) is 18.4 Å². The molecule has 0 aromatic heterocycles. The van der Waals surface area contributed by atoms with Crippen molar-refractivity contribution < 1.29 is 12.8 Å². The van der Waals surface area contributed by atoms with Crippen molar-refractivity contribution in [2.24, 2.45) is 5.73 Å². The lowest BCUT2D eigenvalue weighted by atomic mass is 10.1. The molecule has 1 aromatic rings. The van der Waals surface area contributed by atoms with Crippen molar-refractivity contribution in [2.45, 2.75) is 30.3 Å². The molecule has 1 aliphatic heterocycles. The van der Waals surface area contributed by atoms with Crippen LogP contribution in [-0.4, -0.2) is 50.8 Å². The number of piperidine rings is 1. The first-order chi connectivity index (χ1) is 9.86. The summed E-state index contributed by atoms with van der Waals surface area (Å²) in [5.41, 5.74) is 6.12. The van der Waals surface area contributed by atoms with Crippen molar-refractivity contribution >= 4 is 10.0 Å². The van der Waals surface area contributed by atoms with E-state index in [1.54, 1.807) is 0 Å². The summed E-state index contributed by atoms with van der Waals surface area (Å²) in [6.45, 7) is 1.00. The molecule has 1 saturated heterocycles. The van der Waals surface area contributed by atoms with E-state index in [-0.39, 0.29) is 17.5 Å². The number of nitrogens with two attached hydrogens (primary N) is 1. The van der Waals surface area contributed by atoms with Crippen molar-refractivity contribution in [3.05, 3.63) is 29.6 Å². The minimum Gasteiger partial charge on any atom is -0.326 e. The molecule has 0 saturated carbocycles. The fraction of sp³-hybridized carbons (Fsp3) is 0.571. The normalized spacial score (nSPS) is 20.9. The Morgan fingerprint density at radius 2 is 2.14 bits per heavy atom. The monoisotopic (exact) mass is 315 g/mol. The molecule has 5 nitrogen and oxygen atoms in total. The van der Waals surface area contributed by atoms with E-state index in [0.29, 0.717) is 18.7 Å². The van der Waals surface area contributed by atoms with Gasteiger partial charge in [0.05, 0.1) is 0 Å². The fourth-order valence-corrected chi connectivity index (χ4v) is 4.20. The predicted molar refractivity (Wildman–Crippen MR) is 79.8 cm³/mol. The Hall–Kier alpha value is -1.02. The van der Waals surface area contributed by atoms with Crippen molar-refractivity contribution in [1.82, 2.24) is 9.21 Å². The maximum atomic E-state index is 14.0. The van der Waals surface area contributed by atoms with Crippen LogP contribution in [0.25, 0.3) is 0 Å². The summed E-state index contributed by atoms with van der Waals surface area (Å²) in [4.78, 5) is 1.73. The van der Waals surface area contributed by atoms with Crippen molar-refractivity contribution in [3.8, 4) is 0 Å². The van der Waals surface area contributed by atoms with Gasteiger partial charge >= 0.3 is 0 Å². The van der Waals surface area contributed by atoms with Gasteiger partial charge in [-0.2, -0.15) is 4.31 Å². The van der Waals surface area contributed by atoms with Gasteiger partial charge in [-0.25, -0.2) is 12.8 Å². The lowest BCUT2D eigenvalue weighted by Crippen LogP contribution is -2.47. The van der Waals surface area contributed by atoms with Gasteiger partial charge in [0.25, 0.3) is 0 Å². The molecule has 0 spiro atoms. The SMILES string of the molecule is CN(C)C1CCCN(S(=O)(=O)c2cc(CN)ccc2F)C1. The highest BCUT2D eigenvalue weighted by Gasteiger charge is 2.32. The van der Waals surface area contributed by atoms with Crippen molar-refractivity contribution in [1.29, 1.82) is 0 Å². The van der Waals surface area contributed by atoms with Crippen molar-refractivity contribution in [2.75, 3.05) is 27.2 Å². The van der Waals surface area contributed by atoms with Gasteiger partial charge in [-0.1, -0.05) is 6.07 Å². The number of hydrogen-bond donors (Lipinski definition) is 1. The first-order valence-corrected chi connectivity index (χ1v) is 8.45. The van der Waals surface area contributed by atoms with E-state index in [4.69, 9.17) is 5.73 Å². The van der Waals surface area contributed by atoms with Gasteiger partial charge in [0.2, 0.25) is 10.0 Å². The molecule has 118 valence electrons. The number of rotatable bonds is 4. The third-order valence-corrected chi connectivity index (χ3v) is 5.82. The Bertz CT molecular complexity index is 604. The molecule has 1 atom stereocenters. The number of nitrogens with zero attached hydrogens (tertiary/aromatic N) is 2. The first kappa shape index (κ1) is 16.4. The molecule has 2 N–H and O–H groups in total. The zero-order chi connectivity index (χ0) is 15.6. The quantitative estimate of drug-likeness (QED) is 0.900. The van der Waals surface area contributed by atoms with Crippen LogP contribution in [0.5, 0.6) is 0 Å². The maximum absolute atomic E-state index is 14.0. The van der Waals surface area contributed by atoms with Crippen LogP contribution in [0.15, 0.2) is 23.1 Å². The standard InChI is InChI=1S/C14H22FN3O2S/c1-17(2)12-4-3-7-18(10-12)21(19,20)14-8-11(9-16)5-6-13(14)15/h5-6,8,12H,3-4,7,9-10,16H2,1-2H3. The van der Waals surface area contributed by atoms with E-state index in [2.05, 4.69) is 0 Å². The molecule has 2 rings (SSSR count). The van der Waals surface area contributed by atoms with Crippen LogP contribution in [0.2, 0.25) is 0 Å². The summed E-state index contributed by atoms with van der Waals surface area (Å²) in [6.07, 6.45) is 1.73. The van der Waals surface area contributed by atoms with E-state index in [1.165, 1.54) is 22.5 Å². The molecular weight excluding hydrogens is 293 g/mol. The number of likely N-dealkylation sites (N-methyl/N-ethyl adjacent to an activating group) is 1. The van der Waals surface area contributed by atoms with E-state index < -0.39 is 15.8 Å². The largest absolute Gasteiger partial charge is 0.326 e. The highest BCUT2D eigenvalue weighted by molar-refractivity contribution is 7.89. The Labute approximate surface area is 125 Å². The summed E-state index contributed by atoms with van der Waals surface area (Å²) < 4.78 is 40.7. The average Bonchev–Trinajstić information content (AvgIpc) is 2.47. The number of hydrogen-bond acceptors (Lipinski definition) is 4. The smallest absolute Gasteiger partial charge is 0.246 e. The first-order valence-electron chi connectivity index (χ1n) is 7.01. The van der Waals surface area contributed by atoms with E-state index in [1.807, 2.05) is 19.0 Å². The van der Waals surface area contributed by atoms with Crippen molar-refractivity contribution in [3.63, 3.8) is 0 Å². The number of halogens is 1. The zero-order valence-electron chi connectivity index (χ0n) is 12.4. The van der Waals surface area contributed by atoms with Gasteiger partial charge in [-0.15, -0.1) is 0 Å². The predicted octanol–water partition coefficient (Wildman–Crippen LogP) is 0.999. The molecule has 0 aliphatic carbocycles. The Morgan fingerprint density at radius 3 is 2.76 bits per heavy atom. The molecule has 0 bridgehead atoms. The molecule has 1 fully saturated rings. The number of benzene rings is 1. The molecule has 1 heterocycles. The van der Waals surface area contributed by atoms with Gasteiger partial charge in [0, 0.05) is 25.7 Å². The van der Waals surface area contributed by atoms with Gasteiger partial charge in [-0.05, 0) is 44.6 Å². The summed E-state index contributed by atoms with van der Waals surface area (Å²) in [7, 11) is 0.0384. The lowest BCUT2D eigenvalue weighted by molar-refractivity contribution is 0.190. The molecule has 1 aromatic carbocycles. The van der Waals surface area contributed by atoms with Crippen LogP contribution in [0, 0.1) is 5.82 Å². The fourth-order valence-electron chi connectivity index (χ4n) is 2.57. The Morgan fingerprint density at radius 1 is 1.43 bits per heavy atom. The highest BCUT2D eigenvalue weighted by atomic mass is 32.2. The van der Waals surface area contributed by atoms with E-state index in [9.17, 15) is 12.8 Å². The average molecular weight is 315 g/mol. The number of sulfonamides is 1. The Kier molecular flexibility index (Phi) is 4.98. The molecule has 1 unspecified atom stereocenters. The minimum atomic E-state index is -3.82. The summed E-state index contributed by atoms with van der Waals surface area (Å²) in [5, 5.41) is 0. The summed E-state index contributed by atoms with van der Waals surface area (Å²) >= 11 is 0. The maximum Gasteiger partial charge on any atom is 0.246 e. The second-order valence-electron chi connectivity index (χ2n) is 5.59. The van der Waals surface area contributed by atoms with Gasteiger partial charge < -0.3 is 10.6 Å². The topological polar surface area (TPSA) is 66.6 Å². The van der Waals surface area contributed by atoms with Crippen LogP contribution in [0.4, 0.5) is 4.39 Å². The molecule has 1 aliphatic rings. The third-order valence-electron chi connectivity index (χ3n) is 3.94. The second kappa shape index (κ2) is 6.39. The summed E-state index contributed by atoms with van der Waals surface area (Å²) in [6, 6.07) is 4.17. The van der Waals surface area contributed by atoms with Crippen LogP contribution >= 0.6 is 0 Å². The lowest BCUT2D eigenvalue weighted by Gasteiger charge is -2.35. The minimum absolute atomic E-state index is 0.161. The molecular formula is C14H22FN3O2S. The molecule has 0 radical (unpaired) electrons. The van der Waals surface area contributed by atoms with E-state index >= 15 is 0 Å². The Balaban J connectivity index is 2.33. The molecule has 7 heteroatoms.